The third-order valence-corrected chi connectivity index (χ3v) is 8.39. The van der Waals surface area contributed by atoms with Gasteiger partial charge in [0.2, 0.25) is 5.91 Å². The molecule has 1 N–H and O–H groups in total. The molecule has 0 saturated carbocycles. The Bertz CT molecular complexity index is 1150. The lowest BCUT2D eigenvalue weighted by Crippen LogP contribution is -2.32. The number of nitrogens with one attached hydrogen (secondary N) is 1. The number of nitrogens with zero attached hydrogens (tertiary/aromatic N) is 3. The van der Waals surface area contributed by atoms with Gasteiger partial charge in [-0.05, 0) is 43.5 Å². The van der Waals surface area contributed by atoms with Gasteiger partial charge in [0.25, 0.3) is 5.56 Å². The van der Waals surface area contributed by atoms with Gasteiger partial charge in [0.1, 0.15) is 10.2 Å². The van der Waals surface area contributed by atoms with Crippen molar-refractivity contribution in [2.75, 3.05) is 24.2 Å². The largest absolute Gasteiger partial charge is 0.322 e. The van der Waals surface area contributed by atoms with Crippen molar-refractivity contribution in [3.8, 4) is 0 Å². The summed E-state index contributed by atoms with van der Waals surface area (Å²) in [6.45, 7) is 4.85. The third kappa shape index (κ3) is 3.57. The number of hydrogen-bond acceptors (Lipinski definition) is 6. The molecule has 1 atom stereocenters. The maximum atomic E-state index is 13.3. The van der Waals surface area contributed by atoms with Crippen LogP contribution in [0.3, 0.4) is 0 Å². The zero-order chi connectivity index (χ0) is 20.7. The quantitative estimate of drug-likeness (QED) is 0.652. The summed E-state index contributed by atoms with van der Waals surface area (Å²) in [7, 11) is 0. The number of hydrogen-bond donors (Lipinski definition) is 1. The first-order chi connectivity index (χ1) is 14.6. The molecule has 3 aromatic rings. The van der Waals surface area contributed by atoms with Crippen LogP contribution < -0.4 is 10.9 Å². The predicted octanol–water partition coefficient (Wildman–Crippen LogP) is 3.90. The maximum absolute atomic E-state index is 13.3. The molecule has 0 unspecified atom stereocenters. The molecule has 30 heavy (non-hydrogen) atoms. The SMILES string of the molecule is CCc1ccc([C@H](Cn2cnc3c4c(sc3c2=O)SCC(=O)N4)N2CCCC2)cc1. The van der Waals surface area contributed by atoms with E-state index in [9.17, 15) is 9.59 Å². The number of aryl methyl sites for hydroxylation is 1. The van der Waals surface area contributed by atoms with Crippen LogP contribution in [0, 0.1) is 0 Å². The molecule has 8 heteroatoms. The summed E-state index contributed by atoms with van der Waals surface area (Å²) >= 11 is 2.92. The smallest absolute Gasteiger partial charge is 0.271 e. The van der Waals surface area contributed by atoms with Crippen molar-refractivity contribution >= 4 is 44.9 Å². The number of thioether (sulfide) groups is 1. The lowest BCUT2D eigenvalue weighted by molar-refractivity contribution is -0.113. The van der Waals surface area contributed by atoms with E-state index in [1.807, 2.05) is 0 Å². The highest BCUT2D eigenvalue weighted by Gasteiger charge is 2.27. The molecule has 1 amide bonds. The van der Waals surface area contributed by atoms with Crippen LogP contribution in [0.1, 0.15) is 36.9 Å². The van der Waals surface area contributed by atoms with Gasteiger partial charge in [0, 0.05) is 6.54 Å². The molecular weight excluding hydrogens is 416 g/mol. The van der Waals surface area contributed by atoms with E-state index in [2.05, 4.69) is 46.4 Å². The van der Waals surface area contributed by atoms with Gasteiger partial charge in [-0.25, -0.2) is 4.98 Å². The molecular formula is C22H24N4O2S2. The number of likely N-dealkylation sites (tertiary alicyclic amines) is 1. The average molecular weight is 441 g/mol. The van der Waals surface area contributed by atoms with Crippen molar-refractivity contribution in [3.63, 3.8) is 0 Å². The second kappa shape index (κ2) is 8.17. The molecule has 4 heterocycles. The summed E-state index contributed by atoms with van der Waals surface area (Å²) < 4.78 is 3.34. The Morgan fingerprint density at radius 3 is 2.67 bits per heavy atom. The Morgan fingerprint density at radius 1 is 1.17 bits per heavy atom. The molecule has 0 radical (unpaired) electrons. The summed E-state index contributed by atoms with van der Waals surface area (Å²) in [4.78, 5) is 32.1. The van der Waals surface area contributed by atoms with Gasteiger partial charge in [-0.3, -0.25) is 19.1 Å². The van der Waals surface area contributed by atoms with E-state index in [1.54, 1.807) is 10.9 Å². The van der Waals surface area contributed by atoms with Gasteiger partial charge in [-0.2, -0.15) is 0 Å². The number of fused-ring (bicyclic) bond motifs is 3. The summed E-state index contributed by atoms with van der Waals surface area (Å²) in [5.41, 5.74) is 3.86. The van der Waals surface area contributed by atoms with E-state index in [4.69, 9.17) is 0 Å². The Kier molecular flexibility index (Phi) is 5.39. The molecule has 1 aromatic carbocycles. The Hall–Kier alpha value is -2.16. The monoisotopic (exact) mass is 440 g/mol. The molecule has 5 rings (SSSR count). The van der Waals surface area contributed by atoms with E-state index in [-0.39, 0.29) is 17.5 Å². The van der Waals surface area contributed by atoms with Gasteiger partial charge < -0.3 is 5.32 Å². The number of benzene rings is 1. The maximum Gasteiger partial charge on any atom is 0.271 e. The fourth-order valence-electron chi connectivity index (χ4n) is 4.28. The van der Waals surface area contributed by atoms with E-state index in [0.717, 1.165) is 23.7 Å². The normalized spacial score (nSPS) is 17.8. The number of amides is 1. The topological polar surface area (TPSA) is 67.2 Å². The molecule has 0 spiro atoms. The minimum atomic E-state index is -0.0391. The van der Waals surface area contributed by atoms with Crippen molar-refractivity contribution in [1.29, 1.82) is 0 Å². The third-order valence-electron chi connectivity index (χ3n) is 5.95. The zero-order valence-corrected chi connectivity index (χ0v) is 18.5. The molecule has 0 aliphatic carbocycles. The second-order valence-electron chi connectivity index (χ2n) is 7.84. The number of aromatic nitrogens is 2. The standard InChI is InChI=1S/C22H24N4O2S2/c1-2-14-5-7-15(8-6-14)16(25-9-3-4-10-25)11-26-13-23-18-19-22(29-12-17(27)24-19)30-20(18)21(26)28/h5-8,13,16H,2-4,9-12H2,1H3,(H,24,27)/t16-/m0/s1. The Morgan fingerprint density at radius 2 is 1.93 bits per heavy atom. The fourth-order valence-corrected chi connectivity index (χ4v) is 6.46. The molecule has 6 nitrogen and oxygen atoms in total. The number of rotatable bonds is 5. The van der Waals surface area contributed by atoms with Crippen LogP contribution in [0.15, 0.2) is 39.6 Å². The highest BCUT2D eigenvalue weighted by molar-refractivity contribution is 8.02. The number of anilines is 1. The first kappa shape index (κ1) is 19.8. The van der Waals surface area contributed by atoms with E-state index in [0.29, 0.717) is 28.2 Å². The molecule has 0 bridgehead atoms. The van der Waals surface area contributed by atoms with Crippen molar-refractivity contribution in [2.45, 2.75) is 43.0 Å². The summed E-state index contributed by atoms with van der Waals surface area (Å²) in [6, 6.07) is 8.94. The van der Waals surface area contributed by atoms with Crippen LogP contribution in [0.4, 0.5) is 5.69 Å². The molecule has 2 aliphatic heterocycles. The first-order valence-electron chi connectivity index (χ1n) is 10.4. The van der Waals surface area contributed by atoms with Crippen molar-refractivity contribution in [1.82, 2.24) is 14.5 Å². The van der Waals surface area contributed by atoms with Crippen LogP contribution in [0.5, 0.6) is 0 Å². The van der Waals surface area contributed by atoms with Gasteiger partial charge in [-0.1, -0.05) is 31.2 Å². The van der Waals surface area contributed by atoms with Gasteiger partial charge >= 0.3 is 0 Å². The molecule has 156 valence electrons. The second-order valence-corrected chi connectivity index (χ2v) is 10.1. The molecule has 2 aromatic heterocycles. The fraction of sp³-hybridized carbons (Fsp3) is 0.409. The predicted molar refractivity (Wildman–Crippen MR) is 123 cm³/mol. The van der Waals surface area contributed by atoms with Crippen LogP contribution in [0.25, 0.3) is 10.2 Å². The summed E-state index contributed by atoms with van der Waals surface area (Å²) in [5.74, 6) is 0.349. The number of thiophene rings is 1. The van der Waals surface area contributed by atoms with Gasteiger partial charge in [0.05, 0.1) is 28.0 Å². The number of carbonyl (C=O) groups excluding carboxylic acids is 1. The first-order valence-corrected chi connectivity index (χ1v) is 12.2. The van der Waals surface area contributed by atoms with Crippen LogP contribution in [0.2, 0.25) is 0 Å². The highest BCUT2D eigenvalue weighted by atomic mass is 32.2. The van der Waals surface area contributed by atoms with Crippen molar-refractivity contribution < 1.29 is 4.79 Å². The van der Waals surface area contributed by atoms with Crippen molar-refractivity contribution in [2.24, 2.45) is 0 Å². The average Bonchev–Trinajstić information content (AvgIpc) is 3.42. The van der Waals surface area contributed by atoms with Gasteiger partial charge in [-0.15, -0.1) is 23.1 Å². The van der Waals surface area contributed by atoms with Crippen LogP contribution in [-0.2, 0) is 17.8 Å². The highest BCUT2D eigenvalue weighted by Crippen LogP contribution is 2.42. The van der Waals surface area contributed by atoms with E-state index >= 15 is 0 Å². The molecule has 1 fully saturated rings. The Labute approximate surface area is 183 Å². The Balaban J connectivity index is 1.51. The number of carbonyl (C=O) groups is 1. The van der Waals surface area contributed by atoms with E-state index < -0.39 is 0 Å². The summed E-state index contributed by atoms with van der Waals surface area (Å²) in [6.07, 6.45) is 5.06. The molecule has 1 saturated heterocycles. The minimum Gasteiger partial charge on any atom is -0.322 e. The van der Waals surface area contributed by atoms with Crippen LogP contribution >= 0.6 is 23.1 Å². The summed E-state index contributed by atoms with van der Waals surface area (Å²) in [5, 5.41) is 2.88. The minimum absolute atomic E-state index is 0.0244. The lowest BCUT2D eigenvalue weighted by atomic mass is 10.0. The van der Waals surface area contributed by atoms with Crippen LogP contribution in [-0.4, -0.2) is 39.2 Å². The van der Waals surface area contributed by atoms with Gasteiger partial charge in [0.15, 0.2) is 0 Å². The lowest BCUT2D eigenvalue weighted by Gasteiger charge is -2.28. The van der Waals surface area contributed by atoms with Crippen molar-refractivity contribution in [3.05, 3.63) is 52.1 Å². The zero-order valence-electron chi connectivity index (χ0n) is 16.9. The molecule has 2 aliphatic rings. The van der Waals surface area contributed by atoms with E-state index in [1.165, 1.54) is 47.1 Å².